The fourth-order valence-electron chi connectivity index (χ4n) is 2.71. The van der Waals surface area contributed by atoms with E-state index in [1.54, 1.807) is 31.4 Å². The fraction of sp³-hybridized carbons (Fsp3) is 0.381. The molecule has 0 aromatic heterocycles. The van der Waals surface area contributed by atoms with Crippen molar-refractivity contribution in [2.75, 3.05) is 19.4 Å². The molecule has 0 fully saturated rings. The van der Waals surface area contributed by atoms with Crippen LogP contribution in [0.15, 0.2) is 64.5 Å². The molecule has 0 heterocycles. The molecule has 0 aliphatic heterocycles. The molecule has 2 aromatic rings. The molecule has 2 aromatic carbocycles. The molecule has 0 radical (unpaired) electrons. The van der Waals surface area contributed by atoms with Crippen LogP contribution in [0.5, 0.6) is 5.75 Å². The number of benzene rings is 2. The van der Waals surface area contributed by atoms with Gasteiger partial charge in [-0.05, 0) is 43.2 Å². The average molecular weight is 531 g/mol. The van der Waals surface area contributed by atoms with Crippen LogP contribution >= 0.6 is 24.0 Å². The van der Waals surface area contributed by atoms with Crippen LogP contribution in [0.25, 0.3) is 0 Å². The summed E-state index contributed by atoms with van der Waals surface area (Å²) in [7, 11) is -1.74. The minimum absolute atomic E-state index is 0. The fourth-order valence-corrected chi connectivity index (χ4v) is 4.32. The topological polar surface area (TPSA) is 79.8 Å². The number of methoxy groups -OCH3 is 1. The summed E-state index contributed by atoms with van der Waals surface area (Å²) in [5, 5.41) is 6.44. The van der Waals surface area contributed by atoms with E-state index < -0.39 is 9.84 Å². The van der Waals surface area contributed by atoms with Crippen LogP contribution in [-0.2, 0) is 16.4 Å². The Kier molecular flexibility index (Phi) is 11.0. The first-order chi connectivity index (χ1) is 13.5. The highest BCUT2D eigenvalue weighted by Gasteiger charge is 2.20. The van der Waals surface area contributed by atoms with Gasteiger partial charge in [-0.3, -0.25) is 0 Å². The Morgan fingerprint density at radius 1 is 1.10 bits per heavy atom. The third-order valence-corrected chi connectivity index (χ3v) is 6.09. The molecular formula is C21H30IN3O3S. The first-order valence-corrected chi connectivity index (χ1v) is 11.1. The molecule has 0 amide bonds. The Morgan fingerprint density at radius 3 is 2.45 bits per heavy atom. The van der Waals surface area contributed by atoms with Crippen LogP contribution in [0.4, 0.5) is 0 Å². The third-order valence-electron chi connectivity index (χ3n) is 4.25. The Morgan fingerprint density at radius 2 is 1.83 bits per heavy atom. The number of halogens is 1. The van der Waals surface area contributed by atoms with Crippen molar-refractivity contribution in [3.8, 4) is 5.75 Å². The van der Waals surface area contributed by atoms with Gasteiger partial charge in [-0.25, -0.2) is 13.4 Å². The molecule has 0 spiro atoms. The van der Waals surface area contributed by atoms with Gasteiger partial charge in [0.25, 0.3) is 0 Å². The molecule has 0 saturated carbocycles. The van der Waals surface area contributed by atoms with Crippen molar-refractivity contribution in [1.29, 1.82) is 0 Å². The highest BCUT2D eigenvalue weighted by atomic mass is 127. The lowest BCUT2D eigenvalue weighted by Gasteiger charge is -2.20. The van der Waals surface area contributed by atoms with Gasteiger partial charge < -0.3 is 15.4 Å². The van der Waals surface area contributed by atoms with Gasteiger partial charge >= 0.3 is 0 Å². The third kappa shape index (κ3) is 8.22. The zero-order chi connectivity index (χ0) is 20.4. The zero-order valence-electron chi connectivity index (χ0n) is 17.1. The minimum Gasteiger partial charge on any atom is -0.497 e. The van der Waals surface area contributed by atoms with Gasteiger partial charge in [0.05, 0.1) is 24.3 Å². The van der Waals surface area contributed by atoms with Crippen LogP contribution in [-0.4, -0.2) is 39.8 Å². The first kappa shape index (κ1) is 25.2. The van der Waals surface area contributed by atoms with Gasteiger partial charge in [-0.2, -0.15) is 0 Å². The smallest absolute Gasteiger partial charge is 0.191 e. The molecule has 2 rings (SSSR count). The number of rotatable bonds is 9. The second kappa shape index (κ2) is 12.7. The number of ether oxygens (including phenoxy) is 1. The van der Waals surface area contributed by atoms with Crippen LogP contribution in [0.1, 0.15) is 25.8 Å². The molecule has 160 valence electrons. The van der Waals surface area contributed by atoms with Gasteiger partial charge in [-0.1, -0.05) is 37.3 Å². The maximum absolute atomic E-state index is 12.7. The molecule has 2 N–H and O–H groups in total. The van der Waals surface area contributed by atoms with Gasteiger partial charge in [0.15, 0.2) is 15.8 Å². The number of hydrogen-bond donors (Lipinski definition) is 2. The normalized spacial score (nSPS) is 12.6. The van der Waals surface area contributed by atoms with Crippen LogP contribution < -0.4 is 15.4 Å². The summed E-state index contributed by atoms with van der Waals surface area (Å²) in [5.41, 5.74) is 1.02. The number of guanidine groups is 1. The maximum atomic E-state index is 12.7. The molecule has 0 saturated heterocycles. The minimum atomic E-state index is -3.37. The highest BCUT2D eigenvalue weighted by molar-refractivity contribution is 14.0. The summed E-state index contributed by atoms with van der Waals surface area (Å²) in [5.74, 6) is 1.39. The van der Waals surface area contributed by atoms with E-state index in [0.29, 0.717) is 30.4 Å². The lowest BCUT2D eigenvalue weighted by molar-refractivity contribution is 0.414. The van der Waals surface area contributed by atoms with Crippen molar-refractivity contribution in [3.63, 3.8) is 0 Å². The van der Waals surface area contributed by atoms with E-state index >= 15 is 0 Å². The molecular weight excluding hydrogens is 501 g/mol. The molecule has 1 unspecified atom stereocenters. The van der Waals surface area contributed by atoms with Gasteiger partial charge in [0.1, 0.15) is 5.75 Å². The second-order valence-corrected chi connectivity index (χ2v) is 8.42. The highest BCUT2D eigenvalue weighted by Crippen LogP contribution is 2.14. The lowest BCUT2D eigenvalue weighted by Crippen LogP contribution is -2.46. The van der Waals surface area contributed by atoms with E-state index in [4.69, 9.17) is 4.74 Å². The van der Waals surface area contributed by atoms with Crippen molar-refractivity contribution in [3.05, 3.63) is 60.2 Å². The van der Waals surface area contributed by atoms with E-state index in [0.717, 1.165) is 11.3 Å². The number of nitrogens with one attached hydrogen (secondary N) is 2. The van der Waals surface area contributed by atoms with E-state index in [1.165, 1.54) is 0 Å². The summed E-state index contributed by atoms with van der Waals surface area (Å²) in [4.78, 5) is 4.93. The second-order valence-electron chi connectivity index (χ2n) is 6.39. The van der Waals surface area contributed by atoms with Crippen molar-refractivity contribution in [1.82, 2.24) is 10.6 Å². The number of hydrogen-bond acceptors (Lipinski definition) is 4. The molecule has 29 heavy (non-hydrogen) atoms. The first-order valence-electron chi connectivity index (χ1n) is 9.44. The van der Waals surface area contributed by atoms with Crippen molar-refractivity contribution in [2.45, 2.75) is 37.8 Å². The Labute approximate surface area is 191 Å². The average Bonchev–Trinajstić information content (AvgIpc) is 2.72. The van der Waals surface area contributed by atoms with Crippen LogP contribution in [0.2, 0.25) is 0 Å². The summed E-state index contributed by atoms with van der Waals surface area (Å²) >= 11 is 0. The molecule has 0 aliphatic rings. The number of nitrogens with zero attached hydrogens (tertiary/aromatic N) is 1. The Bertz CT molecular complexity index is 874. The molecule has 0 aliphatic carbocycles. The molecule has 0 bridgehead atoms. The largest absolute Gasteiger partial charge is 0.497 e. The monoisotopic (exact) mass is 531 g/mol. The Balaban J connectivity index is 0.00000420. The van der Waals surface area contributed by atoms with Crippen LogP contribution in [0.3, 0.4) is 0 Å². The predicted molar refractivity (Wildman–Crippen MR) is 129 cm³/mol. The van der Waals surface area contributed by atoms with Crippen molar-refractivity contribution in [2.24, 2.45) is 4.99 Å². The van der Waals surface area contributed by atoms with Crippen LogP contribution in [0, 0.1) is 0 Å². The van der Waals surface area contributed by atoms with E-state index in [2.05, 4.69) is 15.6 Å². The number of sulfone groups is 1. The molecule has 1 atom stereocenters. The zero-order valence-corrected chi connectivity index (χ0v) is 20.2. The quantitative estimate of drug-likeness (QED) is 0.294. The predicted octanol–water partition coefficient (Wildman–Crippen LogP) is 3.62. The van der Waals surface area contributed by atoms with Gasteiger partial charge in [0, 0.05) is 12.6 Å². The summed E-state index contributed by atoms with van der Waals surface area (Å²) in [6, 6.07) is 16.0. The lowest BCUT2D eigenvalue weighted by atomic mass is 10.2. The van der Waals surface area contributed by atoms with Crippen molar-refractivity contribution >= 4 is 39.8 Å². The van der Waals surface area contributed by atoms with E-state index in [-0.39, 0.29) is 35.8 Å². The molecule has 6 nitrogen and oxygen atoms in total. The van der Waals surface area contributed by atoms with Crippen molar-refractivity contribution < 1.29 is 13.2 Å². The summed E-state index contributed by atoms with van der Waals surface area (Å²) in [6.07, 6.45) is 0.662. The van der Waals surface area contributed by atoms with E-state index in [1.807, 2.05) is 44.2 Å². The Hall–Kier alpha value is -1.81. The number of aliphatic imine (C=N–C) groups is 1. The van der Waals surface area contributed by atoms with E-state index in [9.17, 15) is 8.42 Å². The van der Waals surface area contributed by atoms with Gasteiger partial charge in [-0.15, -0.1) is 24.0 Å². The summed E-state index contributed by atoms with van der Waals surface area (Å²) in [6.45, 7) is 5.09. The SMILES string of the molecule is CCNC(=NCc1cccc(OC)c1)NC(CC)CS(=O)(=O)c1ccccc1.I. The molecule has 8 heteroatoms. The van der Waals surface area contributed by atoms with Gasteiger partial charge in [0.2, 0.25) is 0 Å². The standard InChI is InChI=1S/C21H29N3O3S.HI/c1-4-18(16-28(25,26)20-12-7-6-8-13-20)24-21(22-5-2)23-15-17-10-9-11-19(14-17)27-3;/h6-14,18H,4-5,15-16H2,1-3H3,(H2,22,23,24);1H. The summed E-state index contributed by atoms with van der Waals surface area (Å²) < 4.78 is 30.6. The maximum Gasteiger partial charge on any atom is 0.191 e.